The van der Waals surface area contributed by atoms with Gasteiger partial charge in [-0.25, -0.2) is 0 Å². The lowest BCUT2D eigenvalue weighted by Gasteiger charge is -2.40. The van der Waals surface area contributed by atoms with Gasteiger partial charge in [0.15, 0.2) is 6.29 Å². The summed E-state index contributed by atoms with van der Waals surface area (Å²) in [7, 11) is 0. The fourth-order valence-electron chi connectivity index (χ4n) is 11.3. The van der Waals surface area contributed by atoms with Crippen LogP contribution in [0.2, 0.25) is 0 Å². The van der Waals surface area contributed by atoms with Crippen LogP contribution in [-0.4, -0.2) is 87.5 Å². The minimum atomic E-state index is -1.58. The van der Waals surface area contributed by atoms with Gasteiger partial charge in [0.1, 0.15) is 24.4 Å². The number of carbonyl (C=O) groups excluding carboxylic acids is 1. The van der Waals surface area contributed by atoms with Crippen LogP contribution in [-0.2, 0) is 14.3 Å². The van der Waals surface area contributed by atoms with Crippen molar-refractivity contribution in [2.24, 2.45) is 0 Å². The van der Waals surface area contributed by atoms with Crippen molar-refractivity contribution in [2.45, 2.75) is 378 Å². The Morgan fingerprint density at radius 1 is 0.412 bits per heavy atom. The average Bonchev–Trinajstić information content (AvgIpc) is 3.66. The van der Waals surface area contributed by atoms with Gasteiger partial charge in [-0.3, -0.25) is 4.79 Å². The summed E-state index contributed by atoms with van der Waals surface area (Å²) in [4.78, 5) is 13.1. The highest BCUT2D eigenvalue weighted by Crippen LogP contribution is 2.23. The summed E-state index contributed by atoms with van der Waals surface area (Å²) in [5.41, 5.74) is 0. The van der Waals surface area contributed by atoms with Crippen LogP contribution in [0.3, 0.4) is 0 Å². The number of ether oxygens (including phenoxy) is 2. The van der Waals surface area contributed by atoms with Crippen LogP contribution in [0.25, 0.3) is 0 Å². The van der Waals surface area contributed by atoms with Crippen LogP contribution >= 0.6 is 0 Å². The van der Waals surface area contributed by atoms with Crippen LogP contribution in [0.1, 0.15) is 335 Å². The first-order chi connectivity index (χ1) is 41.8. The second kappa shape index (κ2) is 64.4. The lowest BCUT2D eigenvalue weighted by Crippen LogP contribution is -2.60. The molecule has 1 aliphatic rings. The fraction of sp³-hybridized carbons (Fsp3) is 0.803. The number of unbranched alkanes of at least 4 members (excludes halogenated alkanes) is 41. The quantitative estimate of drug-likeness (QED) is 0.0261. The average molecular weight is 1190 g/mol. The number of hydrogen-bond donors (Lipinski definition) is 6. The van der Waals surface area contributed by atoms with Gasteiger partial charge in [0.05, 0.1) is 25.4 Å². The van der Waals surface area contributed by atoms with Crippen molar-refractivity contribution < 1.29 is 39.8 Å². The Morgan fingerprint density at radius 3 is 1.13 bits per heavy atom. The van der Waals surface area contributed by atoms with Crippen molar-refractivity contribution in [1.82, 2.24) is 5.32 Å². The smallest absolute Gasteiger partial charge is 0.220 e. The van der Waals surface area contributed by atoms with Crippen molar-refractivity contribution in [3.05, 3.63) is 85.1 Å². The summed E-state index contributed by atoms with van der Waals surface area (Å²) in [5.74, 6) is -0.186. The highest BCUT2D eigenvalue weighted by atomic mass is 16.7. The molecule has 0 bridgehead atoms. The van der Waals surface area contributed by atoms with E-state index in [0.29, 0.717) is 6.42 Å². The Kier molecular flexibility index (Phi) is 60.9. The summed E-state index contributed by atoms with van der Waals surface area (Å²) in [6.07, 6.45) is 85.7. The largest absolute Gasteiger partial charge is 0.394 e. The number of aliphatic hydroxyl groups is 5. The van der Waals surface area contributed by atoms with Crippen molar-refractivity contribution in [1.29, 1.82) is 0 Å². The highest BCUT2D eigenvalue weighted by Gasteiger charge is 2.44. The molecule has 7 atom stereocenters. The van der Waals surface area contributed by atoms with Gasteiger partial charge in [0.25, 0.3) is 0 Å². The Labute approximate surface area is 524 Å². The molecule has 0 aromatic rings. The van der Waals surface area contributed by atoms with Gasteiger partial charge in [0.2, 0.25) is 5.91 Å². The standard InChI is InChI=1S/C76H137NO8/c1-3-5-7-9-11-13-15-17-19-21-23-25-27-28-29-30-31-32-33-34-35-36-37-38-39-40-41-42-44-46-48-50-52-54-56-58-60-62-64-66-72(80)77-69(68-84-76-75(83)74(82)73(81)71(67-78)85-76)70(79)65-63-61-59-57-55-53-51-49-47-45-43-26-24-22-20-18-16-14-12-10-8-6-4-2/h5,7,11,13,17,19,23,25,47,49,55,57,63,65,69-71,73-76,78-79,81-83H,3-4,6,8-10,12,14-16,18,20-22,24,26-46,48,50-54,56,58-62,64,66-68H2,1-2H3,(H,77,80)/b7-5-,13-11-,19-17-,25-23-,49-47+,57-55+,65-63+. The summed E-state index contributed by atoms with van der Waals surface area (Å²) < 4.78 is 11.3. The van der Waals surface area contributed by atoms with Gasteiger partial charge in [-0.05, 0) is 83.5 Å². The van der Waals surface area contributed by atoms with E-state index in [-0.39, 0.29) is 12.5 Å². The molecule has 1 rings (SSSR count). The molecule has 1 saturated heterocycles. The van der Waals surface area contributed by atoms with Gasteiger partial charge < -0.3 is 40.3 Å². The molecule has 0 saturated carbocycles. The highest BCUT2D eigenvalue weighted by molar-refractivity contribution is 5.76. The lowest BCUT2D eigenvalue weighted by molar-refractivity contribution is -0.302. The van der Waals surface area contributed by atoms with Gasteiger partial charge in [-0.15, -0.1) is 0 Å². The third-order valence-electron chi connectivity index (χ3n) is 16.9. The Hall–Kier alpha value is -2.63. The predicted molar refractivity (Wildman–Crippen MR) is 364 cm³/mol. The molecule has 0 radical (unpaired) electrons. The van der Waals surface area contributed by atoms with E-state index in [0.717, 1.165) is 70.6 Å². The van der Waals surface area contributed by atoms with E-state index in [4.69, 9.17) is 9.47 Å². The maximum Gasteiger partial charge on any atom is 0.220 e. The summed E-state index contributed by atoms with van der Waals surface area (Å²) in [6.45, 7) is 3.68. The first-order valence-corrected chi connectivity index (χ1v) is 36.3. The van der Waals surface area contributed by atoms with E-state index in [9.17, 15) is 30.3 Å². The molecule has 494 valence electrons. The maximum atomic E-state index is 13.1. The monoisotopic (exact) mass is 1190 g/mol. The zero-order valence-corrected chi connectivity index (χ0v) is 55.4. The minimum Gasteiger partial charge on any atom is -0.394 e. The van der Waals surface area contributed by atoms with Gasteiger partial charge in [-0.1, -0.05) is 330 Å². The molecule has 85 heavy (non-hydrogen) atoms. The number of rotatable bonds is 63. The molecule has 0 aromatic heterocycles. The number of nitrogens with one attached hydrogen (secondary N) is 1. The van der Waals surface area contributed by atoms with E-state index in [1.54, 1.807) is 6.08 Å². The number of allylic oxidation sites excluding steroid dienone is 13. The summed E-state index contributed by atoms with van der Waals surface area (Å²) >= 11 is 0. The molecular weight excluding hydrogens is 1050 g/mol. The van der Waals surface area contributed by atoms with Crippen molar-refractivity contribution >= 4 is 5.91 Å². The van der Waals surface area contributed by atoms with E-state index in [1.807, 2.05) is 6.08 Å². The number of hydrogen-bond acceptors (Lipinski definition) is 8. The number of aliphatic hydroxyl groups excluding tert-OH is 5. The van der Waals surface area contributed by atoms with E-state index >= 15 is 0 Å². The minimum absolute atomic E-state index is 0.186. The van der Waals surface area contributed by atoms with Crippen molar-refractivity contribution in [3.63, 3.8) is 0 Å². The molecule has 9 heteroatoms. The van der Waals surface area contributed by atoms with Crippen LogP contribution in [0.4, 0.5) is 0 Å². The number of carbonyl (C=O) groups is 1. The first kappa shape index (κ1) is 80.4. The topological polar surface area (TPSA) is 149 Å². The third-order valence-corrected chi connectivity index (χ3v) is 16.9. The molecule has 1 aliphatic heterocycles. The Morgan fingerprint density at radius 2 is 0.741 bits per heavy atom. The molecule has 0 aromatic carbocycles. The van der Waals surface area contributed by atoms with E-state index < -0.39 is 49.5 Å². The van der Waals surface area contributed by atoms with Crippen LogP contribution in [0.15, 0.2) is 85.1 Å². The van der Waals surface area contributed by atoms with E-state index in [1.165, 1.54) is 244 Å². The van der Waals surface area contributed by atoms with Crippen LogP contribution in [0, 0.1) is 0 Å². The zero-order chi connectivity index (χ0) is 61.4. The number of amides is 1. The van der Waals surface area contributed by atoms with Crippen molar-refractivity contribution in [2.75, 3.05) is 13.2 Å². The summed E-state index contributed by atoms with van der Waals surface area (Å²) in [6, 6.07) is -0.831. The maximum absolute atomic E-state index is 13.1. The molecule has 0 spiro atoms. The molecule has 1 amide bonds. The van der Waals surface area contributed by atoms with E-state index in [2.05, 4.69) is 92.1 Å². The third kappa shape index (κ3) is 53.0. The van der Waals surface area contributed by atoms with Crippen LogP contribution < -0.4 is 5.32 Å². The van der Waals surface area contributed by atoms with Crippen LogP contribution in [0.5, 0.6) is 0 Å². The molecule has 9 nitrogen and oxygen atoms in total. The SMILES string of the molecule is CC/C=C\C/C=C\C/C=C\C/C=C\CCCCCCCCCCCCCCCCCCCCCCCCCCCCC(=O)NC(COC1OC(CO)C(O)C(O)C1O)C(O)/C=C/CC/C=C/CC/C=C/CCCCCCCCCCCCCCC. The molecular formula is C76H137NO8. The molecule has 1 fully saturated rings. The van der Waals surface area contributed by atoms with Crippen molar-refractivity contribution in [3.8, 4) is 0 Å². The Balaban J connectivity index is 2.09. The normalized spacial score (nSPS) is 18.6. The fourth-order valence-corrected chi connectivity index (χ4v) is 11.3. The second-order valence-corrected chi connectivity index (χ2v) is 25.0. The summed E-state index contributed by atoms with van der Waals surface area (Å²) in [5, 5.41) is 54.7. The Bertz CT molecular complexity index is 1620. The first-order valence-electron chi connectivity index (χ1n) is 36.3. The molecule has 0 aliphatic carbocycles. The zero-order valence-electron chi connectivity index (χ0n) is 55.4. The predicted octanol–water partition coefficient (Wildman–Crippen LogP) is 20.1. The molecule has 1 heterocycles. The van der Waals surface area contributed by atoms with Gasteiger partial charge >= 0.3 is 0 Å². The second-order valence-electron chi connectivity index (χ2n) is 25.0. The molecule has 7 unspecified atom stereocenters. The molecule has 6 N–H and O–H groups in total. The lowest BCUT2D eigenvalue weighted by atomic mass is 9.99. The van der Waals surface area contributed by atoms with Gasteiger partial charge in [0, 0.05) is 6.42 Å². The van der Waals surface area contributed by atoms with Gasteiger partial charge in [-0.2, -0.15) is 0 Å².